The summed E-state index contributed by atoms with van der Waals surface area (Å²) in [5, 5.41) is 7.54. The van der Waals surface area contributed by atoms with E-state index in [0.717, 1.165) is 39.0 Å². The minimum absolute atomic E-state index is 0.0614. The van der Waals surface area contributed by atoms with Crippen molar-refractivity contribution >= 4 is 11.9 Å². The molecule has 1 N–H and O–H groups in total. The first kappa shape index (κ1) is 14.2. The zero-order valence-corrected chi connectivity index (χ0v) is 13.3. The van der Waals surface area contributed by atoms with Crippen LogP contribution in [0.1, 0.15) is 35.9 Å². The van der Waals surface area contributed by atoms with Crippen LogP contribution in [0.15, 0.2) is 30.3 Å². The highest BCUT2D eigenvalue weighted by molar-refractivity contribution is 5.91. The van der Waals surface area contributed by atoms with E-state index in [9.17, 15) is 4.79 Å². The molecule has 3 heterocycles. The van der Waals surface area contributed by atoms with Crippen molar-refractivity contribution in [1.82, 2.24) is 19.7 Å². The lowest BCUT2D eigenvalue weighted by Gasteiger charge is -2.50. The summed E-state index contributed by atoms with van der Waals surface area (Å²) in [6.45, 7) is 5.38. The molecule has 0 bridgehead atoms. The van der Waals surface area contributed by atoms with E-state index in [1.807, 2.05) is 11.0 Å². The average Bonchev–Trinajstić information content (AvgIpc) is 2.99. The van der Waals surface area contributed by atoms with Crippen LogP contribution in [0, 0.1) is 0 Å². The third-order valence-corrected chi connectivity index (χ3v) is 5.03. The molecule has 1 amide bonds. The van der Waals surface area contributed by atoms with Gasteiger partial charge in [-0.15, -0.1) is 5.10 Å². The Hall–Kier alpha value is -2.37. The summed E-state index contributed by atoms with van der Waals surface area (Å²) in [5.74, 6) is 0.964. The number of carbonyl (C=O) groups excluding carboxylic acids is 1. The second-order valence-electron chi connectivity index (χ2n) is 6.42. The lowest BCUT2D eigenvalue weighted by Crippen LogP contribution is -2.61. The van der Waals surface area contributed by atoms with Gasteiger partial charge >= 0.3 is 0 Å². The molecule has 1 aromatic heterocycles. The molecular formula is C17H21N5O. The Kier molecular flexibility index (Phi) is 3.32. The van der Waals surface area contributed by atoms with Crippen LogP contribution in [0.2, 0.25) is 0 Å². The fraction of sp³-hybridized carbons (Fsp3) is 0.471. The highest BCUT2D eigenvalue weighted by Gasteiger charge is 2.46. The maximum absolute atomic E-state index is 12.6. The molecule has 6 nitrogen and oxygen atoms in total. The quantitative estimate of drug-likeness (QED) is 0.940. The first-order chi connectivity index (χ1) is 11.2. The van der Waals surface area contributed by atoms with Crippen molar-refractivity contribution in [2.45, 2.75) is 31.7 Å². The zero-order chi connectivity index (χ0) is 15.9. The second kappa shape index (κ2) is 5.37. The van der Waals surface area contributed by atoms with Gasteiger partial charge in [0.25, 0.3) is 5.91 Å². The Morgan fingerprint density at radius 3 is 2.78 bits per heavy atom. The van der Waals surface area contributed by atoms with Gasteiger partial charge < -0.3 is 10.2 Å². The monoisotopic (exact) mass is 311 g/mol. The first-order valence-corrected chi connectivity index (χ1v) is 8.25. The van der Waals surface area contributed by atoms with Crippen molar-refractivity contribution in [1.29, 1.82) is 0 Å². The number of anilines is 1. The van der Waals surface area contributed by atoms with Crippen LogP contribution in [-0.4, -0.2) is 45.2 Å². The fourth-order valence-corrected chi connectivity index (χ4v) is 3.52. The van der Waals surface area contributed by atoms with Crippen LogP contribution in [0.5, 0.6) is 0 Å². The number of benzene rings is 1. The molecule has 6 heteroatoms. The van der Waals surface area contributed by atoms with Crippen molar-refractivity contribution in [3.8, 4) is 0 Å². The molecule has 2 aromatic rings. The summed E-state index contributed by atoms with van der Waals surface area (Å²) in [5.41, 5.74) is 1.39. The summed E-state index contributed by atoms with van der Waals surface area (Å²) >= 11 is 0. The number of likely N-dealkylation sites (tertiary alicyclic amines) is 1. The largest absolute Gasteiger partial charge is 0.354 e. The molecule has 0 unspecified atom stereocenters. The smallest absolute Gasteiger partial charge is 0.293 e. The van der Waals surface area contributed by atoms with Crippen LogP contribution in [0.4, 0.5) is 5.95 Å². The highest BCUT2D eigenvalue weighted by Crippen LogP contribution is 2.38. The van der Waals surface area contributed by atoms with Gasteiger partial charge in [-0.05, 0) is 18.4 Å². The fourth-order valence-electron chi connectivity index (χ4n) is 3.52. The number of rotatable bonds is 3. The highest BCUT2D eigenvalue weighted by atomic mass is 16.2. The predicted octanol–water partition coefficient (Wildman–Crippen LogP) is 1.90. The van der Waals surface area contributed by atoms with Crippen LogP contribution < -0.4 is 5.32 Å². The van der Waals surface area contributed by atoms with E-state index < -0.39 is 0 Å². The number of fused-ring (bicyclic) bond motifs is 1. The van der Waals surface area contributed by atoms with Crippen LogP contribution in [0.3, 0.4) is 0 Å². The predicted molar refractivity (Wildman–Crippen MR) is 87.4 cm³/mol. The summed E-state index contributed by atoms with van der Waals surface area (Å²) in [7, 11) is 0. The normalized spacial score (nSPS) is 18.7. The second-order valence-corrected chi connectivity index (χ2v) is 6.42. The maximum Gasteiger partial charge on any atom is 0.293 e. The van der Waals surface area contributed by atoms with Crippen LogP contribution in [0.25, 0.3) is 0 Å². The molecule has 0 saturated carbocycles. The number of hydrogen-bond donors (Lipinski definition) is 1. The SMILES string of the molecule is CCC1(c2ccccc2)CN(C(=O)c2nc3n(n2)CCCN3)C1. The molecular weight excluding hydrogens is 290 g/mol. The first-order valence-electron chi connectivity index (χ1n) is 8.25. The topological polar surface area (TPSA) is 63.1 Å². The van der Waals surface area contributed by atoms with E-state index in [4.69, 9.17) is 0 Å². The van der Waals surface area contributed by atoms with Crippen molar-refractivity contribution < 1.29 is 4.79 Å². The van der Waals surface area contributed by atoms with Gasteiger partial charge in [0.15, 0.2) is 0 Å². The minimum atomic E-state index is -0.0614. The van der Waals surface area contributed by atoms with Gasteiger partial charge in [-0.25, -0.2) is 4.68 Å². The number of nitrogens with zero attached hydrogens (tertiary/aromatic N) is 4. The third-order valence-electron chi connectivity index (χ3n) is 5.03. The van der Waals surface area contributed by atoms with Crippen molar-refractivity contribution in [3.63, 3.8) is 0 Å². The number of hydrogen-bond acceptors (Lipinski definition) is 4. The molecule has 120 valence electrons. The third kappa shape index (κ3) is 2.29. The molecule has 0 atom stereocenters. The van der Waals surface area contributed by atoms with E-state index in [1.54, 1.807) is 4.68 Å². The summed E-state index contributed by atoms with van der Waals surface area (Å²) < 4.78 is 1.79. The summed E-state index contributed by atoms with van der Waals surface area (Å²) in [6.07, 6.45) is 2.04. The van der Waals surface area contributed by atoms with Gasteiger partial charge in [0, 0.05) is 31.6 Å². The van der Waals surface area contributed by atoms with Crippen LogP contribution in [-0.2, 0) is 12.0 Å². The molecule has 1 aromatic carbocycles. The van der Waals surface area contributed by atoms with Crippen molar-refractivity contribution in [2.24, 2.45) is 0 Å². The molecule has 0 spiro atoms. The number of aryl methyl sites for hydroxylation is 1. The van der Waals surface area contributed by atoms with Gasteiger partial charge in [-0.1, -0.05) is 37.3 Å². The number of nitrogens with one attached hydrogen (secondary N) is 1. The average molecular weight is 311 g/mol. The van der Waals surface area contributed by atoms with Gasteiger partial charge in [-0.3, -0.25) is 4.79 Å². The molecule has 23 heavy (non-hydrogen) atoms. The maximum atomic E-state index is 12.6. The summed E-state index contributed by atoms with van der Waals surface area (Å²) in [4.78, 5) is 18.8. The van der Waals surface area contributed by atoms with E-state index in [-0.39, 0.29) is 11.3 Å². The Morgan fingerprint density at radius 2 is 2.09 bits per heavy atom. The Balaban J connectivity index is 1.50. The molecule has 0 radical (unpaired) electrons. The Morgan fingerprint density at radius 1 is 1.30 bits per heavy atom. The Labute approximate surface area is 135 Å². The lowest BCUT2D eigenvalue weighted by molar-refractivity contribution is 0.0363. The number of carbonyl (C=O) groups is 1. The van der Waals surface area contributed by atoms with Gasteiger partial charge in [0.05, 0.1) is 0 Å². The standard InChI is InChI=1S/C17H21N5O/c1-2-17(13-7-4-3-5-8-13)11-21(12-17)15(23)14-19-16-18-9-6-10-22(16)20-14/h3-5,7-8H,2,6,9-12H2,1H3,(H,18,19,20). The lowest BCUT2D eigenvalue weighted by atomic mass is 9.71. The number of aromatic nitrogens is 3. The van der Waals surface area contributed by atoms with E-state index >= 15 is 0 Å². The van der Waals surface area contributed by atoms with E-state index in [0.29, 0.717) is 11.8 Å². The molecule has 1 fully saturated rings. The van der Waals surface area contributed by atoms with E-state index in [1.165, 1.54) is 5.56 Å². The van der Waals surface area contributed by atoms with Crippen LogP contribution >= 0.6 is 0 Å². The molecule has 4 rings (SSSR count). The van der Waals surface area contributed by atoms with Crippen molar-refractivity contribution in [3.05, 3.63) is 41.7 Å². The molecule has 2 aliphatic rings. The van der Waals surface area contributed by atoms with Gasteiger partial charge in [0.2, 0.25) is 11.8 Å². The molecule has 0 aliphatic carbocycles. The van der Waals surface area contributed by atoms with Gasteiger partial charge in [0.1, 0.15) is 0 Å². The summed E-state index contributed by atoms with van der Waals surface area (Å²) in [6, 6.07) is 10.5. The number of amides is 1. The Bertz CT molecular complexity index is 694. The minimum Gasteiger partial charge on any atom is -0.354 e. The zero-order valence-electron chi connectivity index (χ0n) is 13.3. The van der Waals surface area contributed by atoms with Gasteiger partial charge in [-0.2, -0.15) is 4.98 Å². The van der Waals surface area contributed by atoms with E-state index in [2.05, 4.69) is 46.6 Å². The van der Waals surface area contributed by atoms with Crippen molar-refractivity contribution in [2.75, 3.05) is 25.0 Å². The molecule has 1 saturated heterocycles. The molecule has 2 aliphatic heterocycles.